The van der Waals surface area contributed by atoms with E-state index in [1.54, 1.807) is 6.08 Å². The van der Waals surface area contributed by atoms with E-state index in [1.807, 2.05) is 53.2 Å². The Hall–Kier alpha value is -4.04. The lowest BCUT2D eigenvalue weighted by atomic mass is 9.48. The molecular weight excluding hydrogens is 530 g/mol. The summed E-state index contributed by atoms with van der Waals surface area (Å²) in [7, 11) is 0. The molecule has 0 atom stereocenters. The number of nitrogens with zero attached hydrogens (tertiary/aromatic N) is 5. The average Bonchev–Trinajstić information content (AvgIpc) is 3.67. The summed E-state index contributed by atoms with van der Waals surface area (Å²) in [5.74, 6) is 3.70. The fraction of sp³-hybridized carbons (Fsp3) is 0.333. The highest BCUT2D eigenvalue weighted by atomic mass is 32.1. The van der Waals surface area contributed by atoms with Gasteiger partial charge in [-0.1, -0.05) is 42.2 Å². The molecule has 3 aromatic heterocycles. The molecule has 2 aromatic carbocycles. The molecule has 9 rings (SSSR count). The van der Waals surface area contributed by atoms with Gasteiger partial charge in [0.1, 0.15) is 12.4 Å². The number of aromatic nitrogens is 5. The smallest absolute Gasteiger partial charge is 0.291 e. The van der Waals surface area contributed by atoms with Crippen LogP contribution in [0, 0.1) is 17.8 Å². The number of fused-ring (bicyclic) bond motifs is 1. The van der Waals surface area contributed by atoms with Gasteiger partial charge in [-0.2, -0.15) is 14.6 Å². The van der Waals surface area contributed by atoms with Crippen LogP contribution in [0.2, 0.25) is 0 Å². The molecule has 5 aromatic rings. The number of hydrogen-bond acceptors (Lipinski definition) is 6. The summed E-state index contributed by atoms with van der Waals surface area (Å²) < 4.78 is 9.64. The van der Waals surface area contributed by atoms with Crippen LogP contribution in [0.1, 0.15) is 49.8 Å². The van der Waals surface area contributed by atoms with Crippen LogP contribution < -0.4 is 14.8 Å². The summed E-state index contributed by atoms with van der Waals surface area (Å²) in [6.45, 7) is 4.13. The van der Waals surface area contributed by atoms with Crippen LogP contribution in [0.15, 0.2) is 78.2 Å². The van der Waals surface area contributed by atoms with Crippen molar-refractivity contribution < 1.29 is 4.74 Å². The Bertz CT molecular complexity index is 1830. The SMILES string of the molecule is C=CCOc1ccc(-c2nc3s/c(=C\c4cn(-c5ccccc5)nc4C45CC6CC(CC(C6)C4)C5)c(=O)n3n2)cc1. The second-order valence-electron chi connectivity index (χ2n) is 12.1. The van der Waals surface area contributed by atoms with Crippen LogP contribution in [-0.4, -0.2) is 31.0 Å². The van der Waals surface area contributed by atoms with E-state index in [0.717, 1.165) is 40.3 Å². The van der Waals surface area contributed by atoms with E-state index in [9.17, 15) is 4.79 Å². The first-order valence-electron chi connectivity index (χ1n) is 14.5. The molecule has 0 spiro atoms. The highest BCUT2D eigenvalue weighted by Crippen LogP contribution is 2.61. The molecule has 4 saturated carbocycles. The minimum absolute atomic E-state index is 0.105. The van der Waals surface area contributed by atoms with Crippen molar-refractivity contribution in [3.05, 3.63) is 99.6 Å². The second-order valence-corrected chi connectivity index (χ2v) is 13.1. The molecule has 3 heterocycles. The lowest BCUT2D eigenvalue weighted by molar-refractivity contribution is -0.00743. The molecule has 8 heteroatoms. The molecule has 206 valence electrons. The van der Waals surface area contributed by atoms with Gasteiger partial charge >= 0.3 is 0 Å². The summed E-state index contributed by atoms with van der Waals surface area (Å²) in [6.07, 6.45) is 13.6. The Morgan fingerprint density at radius 2 is 1.68 bits per heavy atom. The Kier molecular flexibility index (Phi) is 5.74. The number of rotatable bonds is 7. The first-order valence-corrected chi connectivity index (χ1v) is 15.3. The third kappa shape index (κ3) is 4.23. The minimum atomic E-state index is -0.140. The predicted molar refractivity (Wildman–Crippen MR) is 160 cm³/mol. The predicted octanol–water partition coefficient (Wildman–Crippen LogP) is 5.58. The third-order valence-corrected chi connectivity index (χ3v) is 10.2. The largest absolute Gasteiger partial charge is 0.490 e. The van der Waals surface area contributed by atoms with Crippen molar-refractivity contribution in [1.82, 2.24) is 24.4 Å². The van der Waals surface area contributed by atoms with Gasteiger partial charge in [-0.15, -0.1) is 5.10 Å². The van der Waals surface area contributed by atoms with Crippen LogP contribution in [0.5, 0.6) is 5.75 Å². The van der Waals surface area contributed by atoms with E-state index in [1.165, 1.54) is 60.1 Å². The Balaban J connectivity index is 1.20. The molecule has 4 bridgehead atoms. The van der Waals surface area contributed by atoms with Gasteiger partial charge < -0.3 is 4.74 Å². The zero-order chi connectivity index (χ0) is 27.6. The van der Waals surface area contributed by atoms with Crippen LogP contribution in [0.25, 0.3) is 28.1 Å². The lowest BCUT2D eigenvalue weighted by Gasteiger charge is -2.56. The Labute approximate surface area is 241 Å². The molecule has 0 saturated heterocycles. The standard InChI is InChI=1S/C33H31N5O2S/c1-2-12-40-27-10-8-24(9-11-27)30-34-32-38(36-30)31(39)28(41-32)16-25-20-37(26-6-4-3-5-7-26)35-29(25)33-17-21-13-22(18-33)15-23(14-21)19-33/h2-11,16,20-23H,1,12-15,17-19H2/b28-16-. The monoisotopic (exact) mass is 561 g/mol. The molecule has 0 amide bonds. The van der Waals surface area contributed by atoms with Crippen molar-refractivity contribution in [2.45, 2.75) is 43.9 Å². The molecule has 4 aliphatic carbocycles. The Morgan fingerprint density at radius 1 is 0.976 bits per heavy atom. The number of benzene rings is 2. The summed E-state index contributed by atoms with van der Waals surface area (Å²) in [5.41, 5.74) is 4.05. The summed E-state index contributed by atoms with van der Waals surface area (Å²) in [6, 6.07) is 17.8. The van der Waals surface area contributed by atoms with Gasteiger partial charge in [0, 0.05) is 22.7 Å². The molecule has 0 unspecified atom stereocenters. The van der Waals surface area contributed by atoms with Crippen molar-refractivity contribution in [3.63, 3.8) is 0 Å². The van der Waals surface area contributed by atoms with Crippen molar-refractivity contribution in [2.24, 2.45) is 17.8 Å². The first kappa shape index (κ1) is 24.7. The van der Waals surface area contributed by atoms with Crippen LogP contribution in [0.3, 0.4) is 0 Å². The maximum atomic E-state index is 13.6. The number of ether oxygens (including phenoxy) is 1. The van der Waals surface area contributed by atoms with Gasteiger partial charge in [0.2, 0.25) is 4.96 Å². The van der Waals surface area contributed by atoms with Gasteiger partial charge in [-0.25, -0.2) is 4.68 Å². The molecule has 41 heavy (non-hydrogen) atoms. The summed E-state index contributed by atoms with van der Waals surface area (Å²) in [5, 5.41) is 9.82. The van der Waals surface area contributed by atoms with Crippen LogP contribution >= 0.6 is 11.3 Å². The molecule has 4 aliphatic rings. The van der Waals surface area contributed by atoms with Crippen LogP contribution in [0.4, 0.5) is 0 Å². The highest BCUT2D eigenvalue weighted by Gasteiger charge is 2.53. The maximum Gasteiger partial charge on any atom is 0.291 e. The van der Waals surface area contributed by atoms with E-state index >= 15 is 0 Å². The van der Waals surface area contributed by atoms with Gasteiger partial charge in [-0.3, -0.25) is 4.79 Å². The third-order valence-electron chi connectivity index (χ3n) is 9.25. The quantitative estimate of drug-likeness (QED) is 0.243. The highest BCUT2D eigenvalue weighted by molar-refractivity contribution is 7.15. The maximum absolute atomic E-state index is 13.6. The van der Waals surface area contributed by atoms with E-state index in [4.69, 9.17) is 14.8 Å². The molecule has 0 N–H and O–H groups in total. The van der Waals surface area contributed by atoms with E-state index in [2.05, 4.69) is 30.0 Å². The zero-order valence-electron chi connectivity index (χ0n) is 22.8. The van der Waals surface area contributed by atoms with Gasteiger partial charge in [-0.05, 0) is 98.8 Å². The van der Waals surface area contributed by atoms with E-state index in [0.29, 0.717) is 21.9 Å². The minimum Gasteiger partial charge on any atom is -0.490 e. The van der Waals surface area contributed by atoms with Crippen molar-refractivity contribution in [2.75, 3.05) is 6.61 Å². The normalized spacial score (nSPS) is 25.3. The molecular formula is C33H31N5O2S. The van der Waals surface area contributed by atoms with Gasteiger partial charge in [0.25, 0.3) is 5.56 Å². The van der Waals surface area contributed by atoms with Crippen LogP contribution in [-0.2, 0) is 5.41 Å². The lowest BCUT2D eigenvalue weighted by Crippen LogP contribution is -2.49. The molecule has 4 fully saturated rings. The van der Waals surface area contributed by atoms with Crippen molar-refractivity contribution >= 4 is 22.4 Å². The van der Waals surface area contributed by atoms with E-state index in [-0.39, 0.29) is 11.0 Å². The molecule has 7 nitrogen and oxygen atoms in total. The fourth-order valence-electron chi connectivity index (χ4n) is 7.97. The molecule has 0 aliphatic heterocycles. The number of para-hydroxylation sites is 1. The van der Waals surface area contributed by atoms with Gasteiger partial charge in [0.15, 0.2) is 5.82 Å². The number of hydrogen-bond donors (Lipinski definition) is 0. The summed E-state index contributed by atoms with van der Waals surface area (Å²) in [4.78, 5) is 18.9. The van der Waals surface area contributed by atoms with Crippen molar-refractivity contribution in [1.29, 1.82) is 0 Å². The average molecular weight is 562 g/mol. The molecule has 0 radical (unpaired) electrons. The first-order chi connectivity index (χ1) is 20.1. The number of thiazole rings is 1. The zero-order valence-corrected chi connectivity index (χ0v) is 23.6. The Morgan fingerprint density at radius 3 is 2.34 bits per heavy atom. The van der Waals surface area contributed by atoms with Crippen molar-refractivity contribution in [3.8, 4) is 22.8 Å². The summed E-state index contributed by atoms with van der Waals surface area (Å²) >= 11 is 1.39. The fourth-order valence-corrected chi connectivity index (χ4v) is 8.87. The topological polar surface area (TPSA) is 74.3 Å². The van der Waals surface area contributed by atoms with Gasteiger partial charge in [0.05, 0.1) is 15.9 Å². The second kappa shape index (κ2) is 9.52. The van der Waals surface area contributed by atoms with E-state index < -0.39 is 0 Å².